The average Bonchev–Trinajstić information content (AvgIpc) is 1.75. The van der Waals surface area contributed by atoms with E-state index >= 15 is 0 Å². The van der Waals surface area contributed by atoms with Gasteiger partial charge in [0.15, 0.2) is 5.65 Å². The summed E-state index contributed by atoms with van der Waals surface area (Å²) in [6.07, 6.45) is 21.8. The lowest BCUT2D eigenvalue weighted by Gasteiger charge is -2.52. The van der Waals surface area contributed by atoms with Gasteiger partial charge in [-0.25, -0.2) is 34.0 Å². The summed E-state index contributed by atoms with van der Waals surface area (Å²) in [6.45, 7) is 4.24. The number of likely N-dealkylation sites (tertiary alicyclic amines) is 2. The van der Waals surface area contributed by atoms with Crippen molar-refractivity contribution in [1.29, 1.82) is 5.26 Å². The highest BCUT2D eigenvalue weighted by Gasteiger charge is 2.44. The predicted octanol–water partition coefficient (Wildman–Crippen LogP) is 12.9. The van der Waals surface area contributed by atoms with Gasteiger partial charge in [-0.2, -0.15) is 28.6 Å². The quantitative estimate of drug-likeness (QED) is 0.0637. The van der Waals surface area contributed by atoms with Crippen molar-refractivity contribution in [3.05, 3.63) is 173 Å². The number of carbonyl (C=O) groups is 5. The minimum Gasteiger partial charge on any atom is -0.374 e. The van der Waals surface area contributed by atoms with Gasteiger partial charge < -0.3 is 21.1 Å². The molecule has 0 bridgehead atoms. The molecular formula is C78H76F3N19O6S. The summed E-state index contributed by atoms with van der Waals surface area (Å²) >= 11 is 1.56. The second kappa shape index (κ2) is 28.7. The number of hydrogen-bond donors (Lipinski definition) is 5. The fourth-order valence-corrected chi connectivity index (χ4v) is 18.6. The first-order chi connectivity index (χ1) is 52.0. The van der Waals surface area contributed by atoms with E-state index in [0.29, 0.717) is 58.6 Å². The van der Waals surface area contributed by atoms with Gasteiger partial charge in [-0.1, -0.05) is 36.4 Å². The lowest BCUT2D eigenvalue weighted by molar-refractivity contribution is -0.141. The highest BCUT2D eigenvalue weighted by molar-refractivity contribution is 7.18. The predicted molar refractivity (Wildman–Crippen MR) is 396 cm³/mol. The summed E-state index contributed by atoms with van der Waals surface area (Å²) in [7, 11) is 0. The van der Waals surface area contributed by atoms with Crippen molar-refractivity contribution in [1.82, 2.24) is 69.7 Å². The fourth-order valence-electron chi connectivity index (χ4n) is 17.5. The van der Waals surface area contributed by atoms with Gasteiger partial charge in [-0.3, -0.25) is 53.9 Å². The molecule has 25 nitrogen and oxygen atoms in total. The van der Waals surface area contributed by atoms with Gasteiger partial charge in [-0.05, 0) is 161 Å². The first-order valence-corrected chi connectivity index (χ1v) is 37.5. The number of pyridine rings is 4. The van der Waals surface area contributed by atoms with E-state index in [0.717, 1.165) is 158 Å². The van der Waals surface area contributed by atoms with Crippen LogP contribution >= 0.6 is 11.3 Å². The van der Waals surface area contributed by atoms with E-state index in [2.05, 4.69) is 109 Å². The smallest absolute Gasteiger partial charge is 0.374 e. The Kier molecular flexibility index (Phi) is 18.6. The Morgan fingerprint density at radius 1 is 0.654 bits per heavy atom. The van der Waals surface area contributed by atoms with Crippen LogP contribution in [0.25, 0.3) is 48.3 Å². The van der Waals surface area contributed by atoms with E-state index in [1.165, 1.54) is 40.3 Å². The van der Waals surface area contributed by atoms with Crippen molar-refractivity contribution in [2.45, 2.75) is 138 Å². The maximum absolute atomic E-state index is 13.6. The topological polar surface area (TPSA) is 303 Å². The van der Waals surface area contributed by atoms with E-state index < -0.39 is 30.0 Å². The number of aliphatic hydroxyl groups excluding tert-OH is 1. The number of aromatic nitrogens is 10. The molecule has 5 N–H and O–H groups in total. The SMILES string of the molecule is N#Cc1cnc2c(C(=O)Nc3ccc4nn(C5CCC(CN6CCC(c7ccc8c(N9CCC(=O)NC9=O)cncc8c7)CC6C6CC(c7cccc8c(N9CCC(O)NC9=O)cncc78)CCN6CC6CCC(c7nc8cnc(NC(=O)c9cccc(C(F)(F)F)n9)cc8s7)CC6)CC5)cc4c3)cnn2c1. The molecule has 11 aromatic rings. The standard InChI is InChI=1S/C78H76F3N19O6S/c79-78(80,81)68-6-2-5-61(89-68)74(104)91-69-31-67-62(37-85-69)90-75(107-67)47-11-7-44(8-12-47)40-96-24-20-50(55-3-1-4-57-58(55)35-84-39-66(57)98-26-22-71(102)93-77(98)106)30-64(96)63-29-49(48-13-17-56-51(27-48)34-83-38-65(56)97-25-21-70(101)92-76(97)105)19-23-95(63)41-45-9-15-54(16-10-45)99-43-52-28-53(14-18-60(52)94-99)88-73(103)59-36-87-100-42-46(32-82)33-86-72(59)100/h1-6,13-14,17-18,27-28,31,33-39,42-45,47,49-50,54,63-64,71,102H,7-12,15-16,19-26,29-30,40-41H2,(H,88,103)(H,93,106)(H,85,91,104)(H,92,101,105). The molecule has 6 aliphatic rings. The Morgan fingerprint density at radius 3 is 2.18 bits per heavy atom. The third-order valence-electron chi connectivity index (χ3n) is 22.9. The van der Waals surface area contributed by atoms with Crippen LogP contribution in [-0.2, 0) is 11.0 Å². The molecule has 4 aliphatic heterocycles. The zero-order valence-corrected chi connectivity index (χ0v) is 59.1. The maximum atomic E-state index is 13.6. The molecule has 6 fully saturated rings. The molecule has 12 heterocycles. The van der Waals surface area contributed by atoms with Crippen LogP contribution in [0.2, 0.25) is 0 Å². The third-order valence-corrected chi connectivity index (χ3v) is 24.1. The van der Waals surface area contributed by atoms with Crippen LogP contribution < -0.4 is 31.1 Å². The molecule has 2 saturated carbocycles. The number of benzene rings is 3. The lowest BCUT2D eigenvalue weighted by Crippen LogP contribution is -2.58. The summed E-state index contributed by atoms with van der Waals surface area (Å²) in [5.74, 6) is 0.115. The van der Waals surface area contributed by atoms with E-state index in [-0.39, 0.29) is 83.8 Å². The van der Waals surface area contributed by atoms with Crippen molar-refractivity contribution in [3.63, 3.8) is 0 Å². The number of anilines is 4. The van der Waals surface area contributed by atoms with Crippen LogP contribution in [0.5, 0.6) is 0 Å². The van der Waals surface area contributed by atoms with Crippen molar-refractivity contribution < 1.29 is 42.3 Å². The molecule has 29 heteroatoms. The summed E-state index contributed by atoms with van der Waals surface area (Å²) in [6, 6.07) is 25.4. The molecule has 5 unspecified atom stereocenters. The number of piperidine rings is 2. The highest BCUT2D eigenvalue weighted by atomic mass is 32.1. The number of aliphatic hydroxyl groups is 1. The van der Waals surface area contributed by atoms with Crippen LogP contribution in [0, 0.1) is 23.2 Å². The van der Waals surface area contributed by atoms with Gasteiger partial charge in [0.1, 0.15) is 35.1 Å². The number of alkyl halides is 3. The van der Waals surface area contributed by atoms with Crippen LogP contribution in [0.1, 0.15) is 162 Å². The molecule has 107 heavy (non-hydrogen) atoms. The normalized spacial score (nSPS) is 23.5. The van der Waals surface area contributed by atoms with E-state index in [4.69, 9.17) is 15.1 Å². The van der Waals surface area contributed by atoms with Crippen molar-refractivity contribution in [3.8, 4) is 6.07 Å². The van der Waals surface area contributed by atoms with E-state index in [9.17, 15) is 47.5 Å². The largest absolute Gasteiger partial charge is 0.433 e. The third kappa shape index (κ3) is 14.1. The minimum absolute atomic E-state index is 0.135. The van der Waals surface area contributed by atoms with E-state index in [1.807, 2.05) is 30.6 Å². The maximum Gasteiger partial charge on any atom is 0.433 e. The number of nitrogens with zero attached hydrogens (tertiary/aromatic N) is 15. The molecule has 8 aromatic heterocycles. The van der Waals surface area contributed by atoms with Crippen LogP contribution in [0.15, 0.2) is 135 Å². The number of thiazole rings is 1. The summed E-state index contributed by atoms with van der Waals surface area (Å²) in [5, 5.41) is 45.6. The van der Waals surface area contributed by atoms with Gasteiger partial charge in [0, 0.05) is 120 Å². The summed E-state index contributed by atoms with van der Waals surface area (Å²) in [4.78, 5) is 101. The van der Waals surface area contributed by atoms with E-state index in [1.54, 1.807) is 45.8 Å². The van der Waals surface area contributed by atoms with Crippen molar-refractivity contribution in [2.24, 2.45) is 11.8 Å². The zero-order valence-electron chi connectivity index (χ0n) is 58.3. The number of hydrogen-bond acceptors (Lipinski definition) is 18. The first kappa shape index (κ1) is 69.1. The van der Waals surface area contributed by atoms with Crippen LogP contribution in [-0.4, -0.2) is 152 Å². The number of rotatable bonds is 15. The Bertz CT molecular complexity index is 5360. The van der Waals surface area contributed by atoms with Gasteiger partial charge in [0.05, 0.1) is 74.7 Å². The van der Waals surface area contributed by atoms with Crippen molar-refractivity contribution in [2.75, 3.05) is 59.7 Å². The summed E-state index contributed by atoms with van der Waals surface area (Å²) < 4.78 is 44.8. The molecule has 0 radical (unpaired) electrons. The van der Waals surface area contributed by atoms with Crippen molar-refractivity contribution >= 4 is 112 Å². The highest BCUT2D eigenvalue weighted by Crippen LogP contribution is 2.47. The number of carbonyl (C=O) groups excluding carboxylic acids is 5. The number of nitrogens with one attached hydrogen (secondary N) is 4. The average molecular weight is 1460 g/mol. The molecule has 5 atom stereocenters. The molecule has 17 rings (SSSR count). The molecule has 4 saturated heterocycles. The zero-order chi connectivity index (χ0) is 73.2. The Labute approximate surface area is 615 Å². The number of fused-ring (bicyclic) bond motifs is 5. The van der Waals surface area contributed by atoms with Crippen LogP contribution in [0.3, 0.4) is 0 Å². The molecule has 0 spiro atoms. The summed E-state index contributed by atoms with van der Waals surface area (Å²) in [5.41, 5.74) is 5.38. The molecular weight excluding hydrogens is 1390 g/mol. The number of urea groups is 2. The first-order valence-electron chi connectivity index (χ1n) is 36.7. The molecule has 7 amide bonds. The molecule has 546 valence electrons. The minimum atomic E-state index is -4.70. The Hall–Kier alpha value is -10.9. The second-order valence-electron chi connectivity index (χ2n) is 29.4. The van der Waals surface area contributed by atoms with Gasteiger partial charge >= 0.3 is 18.2 Å². The monoisotopic (exact) mass is 1460 g/mol. The molecule has 3 aromatic carbocycles. The number of amides is 7. The number of imide groups is 1. The van der Waals surface area contributed by atoms with Gasteiger partial charge in [0.2, 0.25) is 5.91 Å². The number of halogens is 3. The van der Waals surface area contributed by atoms with Gasteiger partial charge in [-0.15, -0.1) is 11.3 Å². The molecule has 2 aliphatic carbocycles. The van der Waals surface area contributed by atoms with Crippen LogP contribution in [0.4, 0.5) is 45.6 Å². The lowest BCUT2D eigenvalue weighted by atomic mass is 9.74. The second-order valence-corrected chi connectivity index (χ2v) is 30.5. The fraction of sp³-hybridized carbons (Fsp3) is 0.385. The van der Waals surface area contributed by atoms with Gasteiger partial charge in [0.25, 0.3) is 11.8 Å². The number of nitriles is 1. The Morgan fingerprint density at radius 2 is 1.40 bits per heavy atom. The Balaban J connectivity index is 0.647.